The molecular weight excluding hydrogens is 164 g/mol. The van der Waals surface area contributed by atoms with Crippen molar-refractivity contribution in [3.8, 4) is 0 Å². The smallest absolute Gasteiger partial charge is 0.0681 e. The molecule has 3 heteroatoms. The maximum absolute atomic E-state index is 5.84. The lowest BCUT2D eigenvalue weighted by Crippen LogP contribution is -2.36. The standard InChI is InChI=1S/C10H13N2O/c11-9-3-1-2-4-10(9)12-5-7-13-8-6-12/h1-3H,5-8,11H2. The van der Waals surface area contributed by atoms with Crippen molar-refractivity contribution in [3.63, 3.8) is 0 Å². The van der Waals surface area contributed by atoms with E-state index in [0.29, 0.717) is 0 Å². The normalized spacial score (nSPS) is 17.4. The number of anilines is 2. The van der Waals surface area contributed by atoms with Crippen LogP contribution in [0, 0.1) is 6.07 Å². The summed E-state index contributed by atoms with van der Waals surface area (Å²) in [6, 6.07) is 8.85. The molecule has 0 saturated carbocycles. The zero-order valence-corrected chi connectivity index (χ0v) is 7.49. The molecule has 2 N–H and O–H groups in total. The second kappa shape index (κ2) is 3.66. The average molecular weight is 177 g/mol. The van der Waals surface area contributed by atoms with E-state index >= 15 is 0 Å². The third kappa shape index (κ3) is 1.75. The predicted molar refractivity (Wildman–Crippen MR) is 52.7 cm³/mol. The largest absolute Gasteiger partial charge is 0.397 e. The molecule has 1 saturated heterocycles. The maximum atomic E-state index is 5.84. The monoisotopic (exact) mass is 177 g/mol. The summed E-state index contributed by atoms with van der Waals surface area (Å²) in [5, 5.41) is 0. The summed E-state index contributed by atoms with van der Waals surface area (Å²) in [4.78, 5) is 2.21. The average Bonchev–Trinajstić information content (AvgIpc) is 2.20. The van der Waals surface area contributed by atoms with Crippen LogP contribution in [0.1, 0.15) is 0 Å². The van der Waals surface area contributed by atoms with Crippen molar-refractivity contribution >= 4 is 11.4 Å². The zero-order valence-electron chi connectivity index (χ0n) is 7.49. The Kier molecular flexibility index (Phi) is 2.36. The molecule has 1 aliphatic rings. The van der Waals surface area contributed by atoms with Gasteiger partial charge in [-0.15, -0.1) is 0 Å². The molecule has 0 atom stereocenters. The highest BCUT2D eigenvalue weighted by molar-refractivity contribution is 5.66. The van der Waals surface area contributed by atoms with Gasteiger partial charge in [0.05, 0.1) is 24.6 Å². The molecule has 0 aromatic heterocycles. The van der Waals surface area contributed by atoms with Crippen molar-refractivity contribution in [2.24, 2.45) is 0 Å². The van der Waals surface area contributed by atoms with Crippen LogP contribution < -0.4 is 10.6 Å². The van der Waals surface area contributed by atoms with Gasteiger partial charge in [-0.3, -0.25) is 0 Å². The van der Waals surface area contributed by atoms with Gasteiger partial charge in [-0.1, -0.05) is 12.1 Å². The fraction of sp³-hybridized carbons (Fsp3) is 0.400. The molecule has 1 radical (unpaired) electrons. The lowest BCUT2D eigenvalue weighted by molar-refractivity contribution is 0.123. The fourth-order valence-electron chi connectivity index (χ4n) is 1.50. The van der Waals surface area contributed by atoms with Crippen LogP contribution in [0.5, 0.6) is 0 Å². The van der Waals surface area contributed by atoms with Crippen molar-refractivity contribution in [2.75, 3.05) is 36.9 Å². The van der Waals surface area contributed by atoms with E-state index in [9.17, 15) is 0 Å². The van der Waals surface area contributed by atoms with E-state index in [0.717, 1.165) is 37.7 Å². The Bertz CT molecular complexity index is 282. The second-order valence-corrected chi connectivity index (χ2v) is 3.07. The fourth-order valence-corrected chi connectivity index (χ4v) is 1.50. The van der Waals surface area contributed by atoms with Crippen LogP contribution >= 0.6 is 0 Å². The Morgan fingerprint density at radius 2 is 2.15 bits per heavy atom. The summed E-state index contributed by atoms with van der Waals surface area (Å²) >= 11 is 0. The summed E-state index contributed by atoms with van der Waals surface area (Å²) in [6.45, 7) is 3.37. The highest BCUT2D eigenvalue weighted by Gasteiger charge is 2.12. The molecular formula is C10H13N2O. The summed E-state index contributed by atoms with van der Waals surface area (Å²) < 4.78 is 5.26. The van der Waals surface area contributed by atoms with Gasteiger partial charge in [-0.25, -0.2) is 0 Å². The number of ether oxygens (including phenoxy) is 1. The van der Waals surface area contributed by atoms with Crippen LogP contribution in [0.2, 0.25) is 0 Å². The maximum Gasteiger partial charge on any atom is 0.0681 e. The Hall–Kier alpha value is -1.22. The molecule has 0 amide bonds. The molecule has 13 heavy (non-hydrogen) atoms. The Morgan fingerprint density at radius 1 is 1.38 bits per heavy atom. The summed E-state index contributed by atoms with van der Waals surface area (Å²) in [6.07, 6.45) is 0. The van der Waals surface area contributed by atoms with E-state index in [1.807, 2.05) is 18.2 Å². The Morgan fingerprint density at radius 3 is 2.85 bits per heavy atom. The summed E-state index contributed by atoms with van der Waals surface area (Å²) in [7, 11) is 0. The van der Waals surface area contributed by atoms with Crippen LogP contribution in [0.3, 0.4) is 0 Å². The first-order chi connectivity index (χ1) is 6.38. The van der Waals surface area contributed by atoms with Gasteiger partial charge in [0.25, 0.3) is 0 Å². The molecule has 0 aliphatic carbocycles. The minimum Gasteiger partial charge on any atom is -0.397 e. The van der Waals surface area contributed by atoms with E-state index in [1.54, 1.807) is 0 Å². The van der Waals surface area contributed by atoms with E-state index < -0.39 is 0 Å². The minimum atomic E-state index is 0.780. The molecule has 69 valence electrons. The molecule has 1 heterocycles. The number of nitrogens with two attached hydrogens (primary N) is 1. The van der Waals surface area contributed by atoms with Crippen LogP contribution in [-0.4, -0.2) is 26.3 Å². The number of hydrogen-bond donors (Lipinski definition) is 1. The number of para-hydroxylation sites is 1. The molecule has 2 rings (SSSR count). The first-order valence-corrected chi connectivity index (χ1v) is 4.47. The molecule has 0 unspecified atom stereocenters. The number of nitrogen functional groups attached to an aromatic ring is 1. The third-order valence-electron chi connectivity index (χ3n) is 2.19. The molecule has 0 bridgehead atoms. The Labute approximate surface area is 78.1 Å². The topological polar surface area (TPSA) is 38.5 Å². The van der Waals surface area contributed by atoms with Gasteiger partial charge >= 0.3 is 0 Å². The highest BCUT2D eigenvalue weighted by atomic mass is 16.5. The van der Waals surface area contributed by atoms with E-state index in [4.69, 9.17) is 10.5 Å². The molecule has 1 fully saturated rings. The number of benzene rings is 1. The third-order valence-corrected chi connectivity index (χ3v) is 2.19. The van der Waals surface area contributed by atoms with Crippen molar-refractivity contribution in [1.82, 2.24) is 0 Å². The molecule has 1 aromatic rings. The van der Waals surface area contributed by atoms with Crippen molar-refractivity contribution in [2.45, 2.75) is 0 Å². The molecule has 3 nitrogen and oxygen atoms in total. The second-order valence-electron chi connectivity index (χ2n) is 3.07. The number of nitrogens with zero attached hydrogens (tertiary/aromatic N) is 1. The van der Waals surface area contributed by atoms with Crippen LogP contribution in [0.4, 0.5) is 11.4 Å². The number of rotatable bonds is 1. The minimum absolute atomic E-state index is 0.780. The van der Waals surface area contributed by atoms with Crippen LogP contribution in [0.15, 0.2) is 18.2 Å². The lowest BCUT2D eigenvalue weighted by atomic mass is 10.2. The predicted octanol–water partition coefficient (Wildman–Crippen LogP) is 0.906. The van der Waals surface area contributed by atoms with Gasteiger partial charge in [-0.05, 0) is 6.07 Å². The highest BCUT2D eigenvalue weighted by Crippen LogP contribution is 2.22. The summed E-state index contributed by atoms with van der Waals surface area (Å²) in [5.41, 5.74) is 7.64. The van der Waals surface area contributed by atoms with Gasteiger partial charge in [0, 0.05) is 19.2 Å². The zero-order chi connectivity index (χ0) is 9.10. The first kappa shape index (κ1) is 8.38. The van der Waals surface area contributed by atoms with Crippen molar-refractivity contribution in [3.05, 3.63) is 24.3 Å². The van der Waals surface area contributed by atoms with Crippen LogP contribution in [-0.2, 0) is 4.74 Å². The Balaban J connectivity index is 2.18. The van der Waals surface area contributed by atoms with E-state index in [-0.39, 0.29) is 0 Å². The molecule has 1 aliphatic heterocycles. The lowest BCUT2D eigenvalue weighted by Gasteiger charge is -2.29. The quantitative estimate of drug-likeness (QED) is 0.648. The molecule has 1 aromatic carbocycles. The SMILES string of the molecule is Nc1ccc[c]c1N1CCOCC1. The van der Waals surface area contributed by atoms with Gasteiger partial charge in [-0.2, -0.15) is 0 Å². The first-order valence-electron chi connectivity index (χ1n) is 4.47. The van der Waals surface area contributed by atoms with Gasteiger partial charge < -0.3 is 15.4 Å². The number of hydrogen-bond acceptors (Lipinski definition) is 3. The van der Waals surface area contributed by atoms with Gasteiger partial charge in [0.15, 0.2) is 0 Å². The van der Waals surface area contributed by atoms with E-state index in [2.05, 4.69) is 11.0 Å². The van der Waals surface area contributed by atoms with Crippen LogP contribution in [0.25, 0.3) is 0 Å². The number of morpholine rings is 1. The van der Waals surface area contributed by atoms with Gasteiger partial charge in [0.2, 0.25) is 0 Å². The summed E-state index contributed by atoms with van der Waals surface area (Å²) in [5.74, 6) is 0. The van der Waals surface area contributed by atoms with Crippen molar-refractivity contribution < 1.29 is 4.74 Å². The molecule has 0 spiro atoms. The van der Waals surface area contributed by atoms with Gasteiger partial charge in [0.1, 0.15) is 0 Å². The van der Waals surface area contributed by atoms with E-state index in [1.165, 1.54) is 0 Å². The van der Waals surface area contributed by atoms with Crippen molar-refractivity contribution in [1.29, 1.82) is 0 Å².